The van der Waals surface area contributed by atoms with Crippen LogP contribution in [0.3, 0.4) is 0 Å². The Balaban J connectivity index is 2.24. The Hall–Kier alpha value is -2.16. The summed E-state index contributed by atoms with van der Waals surface area (Å²) in [6, 6.07) is 9.48. The van der Waals surface area contributed by atoms with Gasteiger partial charge in [0.25, 0.3) is 3.91 Å². The Bertz CT molecular complexity index is 1000. The van der Waals surface area contributed by atoms with E-state index in [1.165, 1.54) is 0 Å². The lowest BCUT2D eigenvalue weighted by atomic mass is 9.95. The van der Waals surface area contributed by atoms with Gasteiger partial charge in [-0.2, -0.15) is 0 Å². The average molecular weight is 474 g/mol. The molecule has 1 aliphatic rings. The predicted molar refractivity (Wildman–Crippen MR) is 119 cm³/mol. The summed E-state index contributed by atoms with van der Waals surface area (Å²) in [5, 5.41) is 2.76. The molecule has 0 unspecified atom stereocenters. The summed E-state index contributed by atoms with van der Waals surface area (Å²) in [6.07, 6.45) is 2.02. The van der Waals surface area contributed by atoms with E-state index in [1.54, 1.807) is 27.1 Å². The van der Waals surface area contributed by atoms with Crippen LogP contribution in [-0.4, -0.2) is 21.8 Å². The van der Waals surface area contributed by atoms with E-state index >= 15 is 0 Å². The molecule has 0 atom stereocenters. The maximum atomic E-state index is 13.7. The van der Waals surface area contributed by atoms with Gasteiger partial charge in [-0.1, -0.05) is 12.1 Å². The largest absolute Gasteiger partial charge is 0.495 e. The van der Waals surface area contributed by atoms with Crippen molar-refractivity contribution in [2.75, 3.05) is 5.32 Å². The van der Waals surface area contributed by atoms with Crippen molar-refractivity contribution in [1.29, 1.82) is 0 Å². The molecule has 4 nitrogen and oxygen atoms in total. The topological polar surface area (TPSA) is 46.4 Å². The Kier molecular flexibility index (Phi) is 5.69. The molecule has 0 bridgehead atoms. The molecule has 1 aliphatic heterocycles. The molecular formula is C20H19BFIN3O. The Labute approximate surface area is 172 Å². The maximum absolute atomic E-state index is 13.7. The summed E-state index contributed by atoms with van der Waals surface area (Å²) < 4.78 is 15.1. The number of rotatable bonds is 4. The lowest BCUT2D eigenvalue weighted by Gasteiger charge is -2.16. The van der Waals surface area contributed by atoms with Crippen molar-refractivity contribution in [2.24, 2.45) is 4.99 Å². The highest BCUT2D eigenvalue weighted by molar-refractivity contribution is 14.1. The second-order valence-electron chi connectivity index (χ2n) is 6.57. The lowest BCUT2D eigenvalue weighted by molar-refractivity contribution is 0.272. The molecule has 0 saturated carbocycles. The summed E-state index contributed by atoms with van der Waals surface area (Å²) in [5.74, 6) is 0. The van der Waals surface area contributed by atoms with Crippen molar-refractivity contribution in [3.63, 3.8) is 0 Å². The lowest BCUT2D eigenvalue weighted by Crippen LogP contribution is -2.10. The van der Waals surface area contributed by atoms with Gasteiger partial charge in [-0.15, -0.1) is 0 Å². The molecule has 1 aromatic carbocycles. The summed E-state index contributed by atoms with van der Waals surface area (Å²) >= 11 is 1.70. The Morgan fingerprint density at radius 2 is 1.85 bits per heavy atom. The normalized spacial score (nSPS) is 15.3. The van der Waals surface area contributed by atoms with E-state index in [0.29, 0.717) is 13.4 Å². The van der Waals surface area contributed by atoms with Gasteiger partial charge in [0.05, 0.1) is 5.70 Å². The van der Waals surface area contributed by atoms with Crippen LogP contribution in [0.15, 0.2) is 52.7 Å². The molecule has 0 aliphatic carbocycles. The first-order valence-corrected chi connectivity index (χ1v) is 9.57. The molecule has 1 N–H and O–H groups in total. The number of anilines is 1. The number of halogens is 2. The molecule has 0 fully saturated rings. The number of nitrogens with zero attached hydrogens (tertiary/aromatic N) is 2. The molecule has 27 heavy (non-hydrogen) atoms. The second-order valence-corrected chi connectivity index (χ2v) is 7.54. The van der Waals surface area contributed by atoms with Gasteiger partial charge in [0, 0.05) is 51.0 Å². The molecule has 3 rings (SSSR count). The zero-order valence-electron chi connectivity index (χ0n) is 15.6. The Morgan fingerprint density at radius 3 is 2.37 bits per heavy atom. The molecule has 1 radical (unpaired) electrons. The number of allylic oxidation sites excluding steroid dienone is 2. The molecule has 2 heterocycles. The number of carbonyl (C=O) groups is 1. The summed E-state index contributed by atoms with van der Waals surface area (Å²) in [7, 11) is 0.591. The monoisotopic (exact) mass is 474 g/mol. The van der Waals surface area contributed by atoms with Gasteiger partial charge in [0.2, 0.25) is 0 Å². The highest BCUT2D eigenvalue weighted by atomic mass is 127. The van der Waals surface area contributed by atoms with Crippen LogP contribution in [-0.2, 0) is 0 Å². The summed E-state index contributed by atoms with van der Waals surface area (Å²) in [5.41, 5.74) is 7.85. The summed E-state index contributed by atoms with van der Waals surface area (Å²) in [6.45, 7) is 7.80. The standard InChI is InChI=1S/C20H19BFIN3O/c1-11-9-13(3)24-18(11)17(19-12(2)10-14(4)26(19)21-22)15-5-7-16(8-6-15)25-20(23)27/h5-10H,1-4H3,(H,25,27)/b18-17-. The number of aliphatic imine (C=N–C) groups is 1. The predicted octanol–water partition coefficient (Wildman–Crippen LogP) is 5.60. The van der Waals surface area contributed by atoms with E-state index in [4.69, 9.17) is 4.99 Å². The minimum atomic E-state index is -0.152. The van der Waals surface area contributed by atoms with Gasteiger partial charge in [-0.3, -0.25) is 9.79 Å². The van der Waals surface area contributed by atoms with Crippen LogP contribution >= 0.6 is 22.6 Å². The number of carbonyl (C=O) groups excluding carboxylic acids is 1. The molecule has 137 valence electrons. The SMILES string of the molecule is CC1=CC(C)=N/C1=C(/c1ccc(NC(=O)I)cc1)c1c(C)cc(C)n1[B]F. The van der Waals surface area contributed by atoms with Gasteiger partial charge >= 0.3 is 7.69 Å². The highest BCUT2D eigenvalue weighted by Crippen LogP contribution is 2.36. The van der Waals surface area contributed by atoms with Crippen LogP contribution in [0.25, 0.3) is 5.57 Å². The first-order valence-electron chi connectivity index (χ1n) is 8.49. The Morgan fingerprint density at radius 1 is 1.19 bits per heavy atom. The highest BCUT2D eigenvalue weighted by Gasteiger charge is 2.23. The molecule has 1 aromatic heterocycles. The zero-order valence-corrected chi connectivity index (χ0v) is 17.8. The third-order valence-corrected chi connectivity index (χ3v) is 4.76. The quantitative estimate of drug-likeness (QED) is 0.267. The van der Waals surface area contributed by atoms with Crippen molar-refractivity contribution in [3.8, 4) is 0 Å². The number of benzene rings is 1. The molecule has 1 amide bonds. The molecule has 7 heteroatoms. The molecule has 2 aromatic rings. The van der Waals surface area contributed by atoms with Crippen LogP contribution < -0.4 is 5.32 Å². The third-order valence-electron chi connectivity index (χ3n) is 4.49. The number of hydrogen-bond acceptors (Lipinski definition) is 2. The smallest absolute Gasteiger partial charge is 0.362 e. The number of aryl methyl sites for hydroxylation is 2. The van der Waals surface area contributed by atoms with E-state index in [2.05, 4.69) is 5.32 Å². The van der Waals surface area contributed by atoms with E-state index in [-0.39, 0.29) is 3.91 Å². The van der Waals surface area contributed by atoms with Crippen LogP contribution in [0.2, 0.25) is 0 Å². The fraction of sp³-hybridized carbons (Fsp3) is 0.200. The maximum Gasteiger partial charge on any atom is 0.495 e. The molecular weight excluding hydrogens is 455 g/mol. The third kappa shape index (κ3) is 3.92. The van der Waals surface area contributed by atoms with Crippen LogP contribution in [0.1, 0.15) is 36.4 Å². The van der Waals surface area contributed by atoms with E-state index < -0.39 is 0 Å². The second kappa shape index (κ2) is 7.84. The van der Waals surface area contributed by atoms with E-state index in [9.17, 15) is 9.11 Å². The fourth-order valence-corrected chi connectivity index (χ4v) is 3.72. The van der Waals surface area contributed by atoms with Crippen molar-refractivity contribution < 1.29 is 9.11 Å². The van der Waals surface area contributed by atoms with Gasteiger partial charge in [0.1, 0.15) is 0 Å². The number of aromatic nitrogens is 1. The van der Waals surface area contributed by atoms with Crippen LogP contribution in [0.5, 0.6) is 0 Å². The average Bonchev–Trinajstić information content (AvgIpc) is 3.07. The molecule has 0 spiro atoms. The van der Waals surface area contributed by atoms with Gasteiger partial charge < -0.3 is 14.1 Å². The zero-order chi connectivity index (χ0) is 19.7. The van der Waals surface area contributed by atoms with Crippen molar-refractivity contribution in [2.45, 2.75) is 27.7 Å². The minimum absolute atomic E-state index is 0.152. The van der Waals surface area contributed by atoms with Gasteiger partial charge in [-0.25, -0.2) is 0 Å². The van der Waals surface area contributed by atoms with Crippen molar-refractivity contribution in [1.82, 2.24) is 4.48 Å². The van der Waals surface area contributed by atoms with E-state index in [0.717, 1.165) is 45.1 Å². The van der Waals surface area contributed by atoms with Crippen LogP contribution in [0.4, 0.5) is 14.8 Å². The van der Waals surface area contributed by atoms with Crippen molar-refractivity contribution >= 4 is 51.2 Å². The minimum Gasteiger partial charge on any atom is -0.362 e. The van der Waals surface area contributed by atoms with Crippen molar-refractivity contribution in [3.05, 3.63) is 70.2 Å². The first kappa shape index (κ1) is 19.6. The van der Waals surface area contributed by atoms with Crippen LogP contribution in [0, 0.1) is 13.8 Å². The van der Waals surface area contributed by atoms with E-state index in [1.807, 2.05) is 64.1 Å². The number of nitrogens with one attached hydrogen (secondary N) is 1. The number of hydrogen-bond donors (Lipinski definition) is 1. The fourth-order valence-electron chi connectivity index (χ4n) is 3.41. The number of amides is 1. The first-order chi connectivity index (χ1) is 12.8. The van der Waals surface area contributed by atoms with Gasteiger partial charge in [-0.05, 0) is 68.7 Å². The summed E-state index contributed by atoms with van der Waals surface area (Å²) in [4.78, 5) is 16.0. The molecule has 0 saturated heterocycles. The van der Waals surface area contributed by atoms with Gasteiger partial charge in [0.15, 0.2) is 0 Å².